The molecule has 1 atom stereocenters. The van der Waals surface area contributed by atoms with E-state index in [9.17, 15) is 0 Å². The second-order valence-corrected chi connectivity index (χ2v) is 5.74. The third kappa shape index (κ3) is 2.34. The number of ether oxygens (including phenoxy) is 1. The van der Waals surface area contributed by atoms with Gasteiger partial charge in [-0.2, -0.15) is 0 Å². The van der Waals surface area contributed by atoms with Crippen LogP contribution in [-0.2, 0) is 4.74 Å². The molecule has 0 spiro atoms. The first-order valence-corrected chi connectivity index (χ1v) is 7.51. The summed E-state index contributed by atoms with van der Waals surface area (Å²) in [6, 6.07) is 3.79. The zero-order valence-corrected chi connectivity index (χ0v) is 12.2. The normalized spacial score (nSPS) is 19.3. The molecule has 3 aromatic rings. The second-order valence-electron chi connectivity index (χ2n) is 4.85. The van der Waals surface area contributed by atoms with Gasteiger partial charge in [0.1, 0.15) is 11.1 Å². The van der Waals surface area contributed by atoms with Crippen LogP contribution in [0.15, 0.2) is 17.5 Å². The monoisotopic (exact) mass is 303 g/mol. The minimum atomic E-state index is -0.0104. The highest BCUT2D eigenvalue weighted by Crippen LogP contribution is 2.27. The summed E-state index contributed by atoms with van der Waals surface area (Å²) < 4.78 is 7.27. The second kappa shape index (κ2) is 5.01. The molecular weight excluding hydrogens is 290 g/mol. The molecule has 0 unspecified atom stereocenters. The fourth-order valence-electron chi connectivity index (χ4n) is 2.34. The average molecular weight is 303 g/mol. The summed E-state index contributed by atoms with van der Waals surface area (Å²) in [4.78, 5) is 6.69. The summed E-state index contributed by atoms with van der Waals surface area (Å²) in [5, 5.41) is 18.8. The molecule has 1 fully saturated rings. The lowest BCUT2D eigenvalue weighted by Crippen LogP contribution is -2.39. The van der Waals surface area contributed by atoms with Crippen molar-refractivity contribution >= 4 is 22.8 Å². The molecular formula is C12H13N7OS. The molecule has 0 bridgehead atoms. The summed E-state index contributed by atoms with van der Waals surface area (Å²) in [5.41, 5.74) is 1.67. The Morgan fingerprint density at radius 3 is 3.19 bits per heavy atom. The maximum absolute atomic E-state index is 5.83. The molecule has 108 valence electrons. The van der Waals surface area contributed by atoms with Gasteiger partial charge in [-0.3, -0.25) is 0 Å². The van der Waals surface area contributed by atoms with Gasteiger partial charge in [0.25, 0.3) is 0 Å². The molecule has 0 aliphatic carbocycles. The van der Waals surface area contributed by atoms with E-state index in [1.165, 1.54) is 4.63 Å². The molecule has 8 nitrogen and oxygen atoms in total. The highest BCUT2D eigenvalue weighted by Gasteiger charge is 2.25. The zero-order chi connectivity index (χ0) is 14.2. The van der Waals surface area contributed by atoms with Gasteiger partial charge in [0.05, 0.1) is 13.2 Å². The SMILES string of the molecule is Cc1csc([C@@H]2CN(c3ccc4nnnn4n3)CCO2)n1. The molecule has 3 aromatic heterocycles. The van der Waals surface area contributed by atoms with Gasteiger partial charge in [-0.15, -0.1) is 26.2 Å². The third-order valence-corrected chi connectivity index (χ3v) is 4.41. The van der Waals surface area contributed by atoms with Crippen molar-refractivity contribution in [3.63, 3.8) is 0 Å². The number of hydrogen-bond donors (Lipinski definition) is 0. The van der Waals surface area contributed by atoms with E-state index in [-0.39, 0.29) is 6.10 Å². The van der Waals surface area contributed by atoms with Crippen LogP contribution in [0.5, 0.6) is 0 Å². The van der Waals surface area contributed by atoms with Crippen molar-refractivity contribution in [3.05, 3.63) is 28.2 Å². The van der Waals surface area contributed by atoms with Crippen LogP contribution in [0.25, 0.3) is 5.65 Å². The van der Waals surface area contributed by atoms with Crippen LogP contribution in [0.3, 0.4) is 0 Å². The number of rotatable bonds is 2. The molecule has 0 aromatic carbocycles. The fourth-order valence-corrected chi connectivity index (χ4v) is 3.17. The molecule has 21 heavy (non-hydrogen) atoms. The molecule has 9 heteroatoms. The van der Waals surface area contributed by atoms with Crippen LogP contribution in [0.1, 0.15) is 16.8 Å². The summed E-state index contributed by atoms with van der Waals surface area (Å²) >= 11 is 1.64. The number of aryl methyl sites for hydroxylation is 1. The van der Waals surface area contributed by atoms with Crippen LogP contribution in [0, 0.1) is 6.92 Å². The Bertz CT molecular complexity index is 770. The van der Waals surface area contributed by atoms with Crippen molar-refractivity contribution < 1.29 is 4.74 Å². The number of tetrazole rings is 1. The standard InChI is InChI=1S/C12H13N7OS/c1-8-7-21-12(13-8)9-6-18(4-5-20-9)11-3-2-10-14-16-17-19(10)15-11/h2-3,7,9H,4-6H2,1H3/t9-/m0/s1. The minimum Gasteiger partial charge on any atom is -0.367 e. The van der Waals surface area contributed by atoms with Crippen molar-refractivity contribution in [1.29, 1.82) is 0 Å². The highest BCUT2D eigenvalue weighted by atomic mass is 32.1. The Hall–Kier alpha value is -2.13. The summed E-state index contributed by atoms with van der Waals surface area (Å²) in [6.07, 6.45) is -0.0104. The van der Waals surface area contributed by atoms with Crippen LogP contribution in [0.4, 0.5) is 5.82 Å². The topological polar surface area (TPSA) is 81.3 Å². The van der Waals surface area contributed by atoms with E-state index in [4.69, 9.17) is 4.74 Å². The van der Waals surface area contributed by atoms with Gasteiger partial charge in [0.15, 0.2) is 11.5 Å². The van der Waals surface area contributed by atoms with E-state index < -0.39 is 0 Å². The Labute approximate surface area is 124 Å². The number of hydrogen-bond acceptors (Lipinski definition) is 8. The summed E-state index contributed by atoms with van der Waals surface area (Å²) in [6.45, 7) is 4.17. The van der Waals surface area contributed by atoms with Gasteiger partial charge in [-0.25, -0.2) is 4.98 Å². The van der Waals surface area contributed by atoms with E-state index in [0.29, 0.717) is 12.3 Å². The Balaban J connectivity index is 1.59. The van der Waals surface area contributed by atoms with Crippen molar-refractivity contribution in [3.8, 4) is 0 Å². The first kappa shape index (κ1) is 12.6. The van der Waals surface area contributed by atoms with Crippen molar-refractivity contribution in [2.75, 3.05) is 24.6 Å². The highest BCUT2D eigenvalue weighted by molar-refractivity contribution is 7.09. The zero-order valence-electron chi connectivity index (χ0n) is 11.4. The lowest BCUT2D eigenvalue weighted by atomic mass is 10.2. The van der Waals surface area contributed by atoms with Gasteiger partial charge in [0, 0.05) is 17.6 Å². The van der Waals surface area contributed by atoms with Crippen molar-refractivity contribution in [2.24, 2.45) is 0 Å². The van der Waals surface area contributed by atoms with Crippen LogP contribution in [-0.4, -0.2) is 49.9 Å². The molecule has 1 saturated heterocycles. The fraction of sp³-hybridized carbons (Fsp3) is 0.417. The molecule has 4 rings (SSSR count). The number of morpholine rings is 1. The van der Waals surface area contributed by atoms with Gasteiger partial charge in [0.2, 0.25) is 0 Å². The first-order valence-electron chi connectivity index (χ1n) is 6.63. The molecule has 0 amide bonds. The van der Waals surface area contributed by atoms with Gasteiger partial charge in [-0.1, -0.05) is 0 Å². The lowest BCUT2D eigenvalue weighted by molar-refractivity contribution is 0.0392. The molecule has 0 N–H and O–H groups in total. The lowest BCUT2D eigenvalue weighted by Gasteiger charge is -2.32. The quantitative estimate of drug-likeness (QED) is 0.694. The van der Waals surface area contributed by atoms with E-state index in [1.807, 2.05) is 24.4 Å². The largest absolute Gasteiger partial charge is 0.367 e. The van der Waals surface area contributed by atoms with Gasteiger partial charge >= 0.3 is 0 Å². The van der Waals surface area contributed by atoms with Crippen LogP contribution < -0.4 is 4.90 Å². The minimum absolute atomic E-state index is 0.0104. The van der Waals surface area contributed by atoms with Crippen LogP contribution >= 0.6 is 11.3 Å². The van der Waals surface area contributed by atoms with Crippen molar-refractivity contribution in [1.82, 2.24) is 30.2 Å². The molecule has 1 aliphatic rings. The average Bonchev–Trinajstić information content (AvgIpc) is 3.15. The number of anilines is 1. The van der Waals surface area contributed by atoms with Gasteiger partial charge < -0.3 is 9.64 Å². The Morgan fingerprint density at radius 2 is 2.33 bits per heavy atom. The maximum atomic E-state index is 5.83. The predicted molar refractivity (Wildman–Crippen MR) is 76.3 cm³/mol. The smallest absolute Gasteiger partial charge is 0.200 e. The molecule has 0 saturated carbocycles. The Kier molecular flexibility index (Phi) is 3.00. The molecule has 0 radical (unpaired) electrons. The van der Waals surface area contributed by atoms with Gasteiger partial charge in [-0.05, 0) is 29.5 Å². The third-order valence-electron chi connectivity index (χ3n) is 3.36. The van der Waals surface area contributed by atoms with E-state index in [1.54, 1.807) is 11.3 Å². The molecule has 4 heterocycles. The number of aromatic nitrogens is 6. The first-order chi connectivity index (χ1) is 10.3. The summed E-state index contributed by atoms with van der Waals surface area (Å²) in [5.74, 6) is 0.844. The molecule has 1 aliphatic heterocycles. The van der Waals surface area contributed by atoms with Crippen LogP contribution in [0.2, 0.25) is 0 Å². The summed E-state index contributed by atoms with van der Waals surface area (Å²) in [7, 11) is 0. The number of nitrogens with zero attached hydrogens (tertiary/aromatic N) is 7. The number of thiazole rings is 1. The van der Waals surface area contributed by atoms with E-state index in [2.05, 4.69) is 30.5 Å². The maximum Gasteiger partial charge on any atom is 0.200 e. The van der Waals surface area contributed by atoms with E-state index >= 15 is 0 Å². The Morgan fingerprint density at radius 1 is 1.38 bits per heavy atom. The van der Waals surface area contributed by atoms with Crippen molar-refractivity contribution in [2.45, 2.75) is 13.0 Å². The number of fused-ring (bicyclic) bond motifs is 1. The predicted octanol–water partition coefficient (Wildman–Crippen LogP) is 0.862. The van der Waals surface area contributed by atoms with E-state index in [0.717, 1.165) is 29.6 Å².